The second kappa shape index (κ2) is 7.99. The second-order valence-corrected chi connectivity index (χ2v) is 7.59. The van der Waals surface area contributed by atoms with Gasteiger partial charge >= 0.3 is 6.09 Å². The Kier molecular flexibility index (Phi) is 6.86. The molecule has 0 saturated carbocycles. The number of nitrogens with zero attached hydrogens (tertiary/aromatic N) is 2. The molecular formula is C17H33N3O3. The third-order valence-electron chi connectivity index (χ3n) is 4.18. The van der Waals surface area contributed by atoms with Gasteiger partial charge in [0.1, 0.15) is 5.60 Å². The van der Waals surface area contributed by atoms with Crippen molar-refractivity contribution in [3.8, 4) is 0 Å². The van der Waals surface area contributed by atoms with Crippen molar-refractivity contribution >= 4 is 12.0 Å². The number of carbonyl (C=O) groups is 2. The molecule has 23 heavy (non-hydrogen) atoms. The zero-order valence-corrected chi connectivity index (χ0v) is 15.5. The molecule has 0 bridgehead atoms. The first-order valence-corrected chi connectivity index (χ1v) is 8.60. The normalized spacial score (nSPS) is 18.0. The largest absolute Gasteiger partial charge is 0.444 e. The van der Waals surface area contributed by atoms with Crippen LogP contribution in [-0.2, 0) is 9.53 Å². The summed E-state index contributed by atoms with van der Waals surface area (Å²) in [7, 11) is 0. The molecular weight excluding hydrogens is 294 g/mol. The number of likely N-dealkylation sites (tertiary alicyclic amines) is 1. The zero-order valence-electron chi connectivity index (χ0n) is 15.5. The minimum Gasteiger partial charge on any atom is -0.444 e. The van der Waals surface area contributed by atoms with E-state index < -0.39 is 11.6 Å². The Labute approximate surface area is 140 Å². The van der Waals surface area contributed by atoms with E-state index in [0.717, 1.165) is 12.8 Å². The highest BCUT2D eigenvalue weighted by atomic mass is 16.6. The molecule has 1 fully saturated rings. The Hall–Kier alpha value is -1.30. The molecule has 0 aromatic carbocycles. The molecule has 0 spiro atoms. The summed E-state index contributed by atoms with van der Waals surface area (Å²) in [5.41, 5.74) is 5.53. The maximum absolute atomic E-state index is 12.5. The number of carbonyl (C=O) groups excluding carboxylic acids is 2. The van der Waals surface area contributed by atoms with Crippen molar-refractivity contribution < 1.29 is 14.3 Å². The van der Waals surface area contributed by atoms with Crippen molar-refractivity contribution in [2.45, 2.75) is 72.1 Å². The van der Waals surface area contributed by atoms with Crippen LogP contribution in [0.5, 0.6) is 0 Å². The highest BCUT2D eigenvalue weighted by molar-refractivity contribution is 5.82. The van der Waals surface area contributed by atoms with Crippen LogP contribution in [0.1, 0.15) is 54.4 Å². The van der Waals surface area contributed by atoms with E-state index >= 15 is 0 Å². The van der Waals surface area contributed by atoms with Crippen molar-refractivity contribution in [1.82, 2.24) is 9.80 Å². The maximum atomic E-state index is 12.5. The fourth-order valence-electron chi connectivity index (χ4n) is 2.76. The monoisotopic (exact) mass is 327 g/mol. The third-order valence-corrected chi connectivity index (χ3v) is 4.18. The van der Waals surface area contributed by atoms with Gasteiger partial charge < -0.3 is 20.3 Å². The van der Waals surface area contributed by atoms with Crippen LogP contribution in [0.2, 0.25) is 0 Å². The van der Waals surface area contributed by atoms with E-state index in [2.05, 4.69) is 0 Å². The lowest BCUT2D eigenvalue weighted by Gasteiger charge is -2.39. The summed E-state index contributed by atoms with van der Waals surface area (Å²) in [6.07, 6.45) is 1.26. The third kappa shape index (κ3) is 5.68. The lowest BCUT2D eigenvalue weighted by atomic mass is 9.99. The topological polar surface area (TPSA) is 75.9 Å². The van der Waals surface area contributed by atoms with Gasteiger partial charge in [-0.05, 0) is 46.5 Å². The number of hydrogen-bond acceptors (Lipinski definition) is 4. The van der Waals surface area contributed by atoms with Gasteiger partial charge in [0, 0.05) is 25.7 Å². The molecule has 0 aliphatic carbocycles. The van der Waals surface area contributed by atoms with E-state index in [4.69, 9.17) is 10.5 Å². The molecule has 1 aliphatic rings. The highest BCUT2D eigenvalue weighted by Gasteiger charge is 2.33. The van der Waals surface area contributed by atoms with Gasteiger partial charge in [0.15, 0.2) is 0 Å². The average Bonchev–Trinajstić information content (AvgIpc) is 2.45. The molecule has 1 saturated heterocycles. The van der Waals surface area contributed by atoms with Crippen LogP contribution in [0, 0.1) is 5.92 Å². The second-order valence-electron chi connectivity index (χ2n) is 7.59. The lowest BCUT2D eigenvalue weighted by Crippen LogP contribution is -2.54. The van der Waals surface area contributed by atoms with E-state index in [-0.39, 0.29) is 24.0 Å². The van der Waals surface area contributed by atoms with Gasteiger partial charge in [0.05, 0.1) is 6.04 Å². The quantitative estimate of drug-likeness (QED) is 0.859. The average molecular weight is 327 g/mol. The fraction of sp³-hybridized carbons (Fsp3) is 0.882. The van der Waals surface area contributed by atoms with E-state index in [1.807, 2.05) is 46.4 Å². The van der Waals surface area contributed by atoms with E-state index in [9.17, 15) is 9.59 Å². The van der Waals surface area contributed by atoms with Gasteiger partial charge in [-0.1, -0.05) is 13.8 Å². The number of rotatable bonds is 4. The van der Waals surface area contributed by atoms with Gasteiger partial charge in [0.25, 0.3) is 0 Å². The van der Waals surface area contributed by atoms with Crippen LogP contribution in [0.4, 0.5) is 4.79 Å². The van der Waals surface area contributed by atoms with Gasteiger partial charge in [0.2, 0.25) is 5.91 Å². The van der Waals surface area contributed by atoms with Gasteiger partial charge in [-0.25, -0.2) is 4.79 Å². The SMILES string of the molecule is CCN(C(=O)[C@@H](N)C(C)C)C1CCN(C(=O)OC(C)(C)C)CC1. The number of hydrogen-bond donors (Lipinski definition) is 1. The summed E-state index contributed by atoms with van der Waals surface area (Å²) >= 11 is 0. The number of nitrogens with two attached hydrogens (primary N) is 1. The Bertz CT molecular complexity index is 410. The van der Waals surface area contributed by atoms with Crippen molar-refractivity contribution in [1.29, 1.82) is 0 Å². The lowest BCUT2D eigenvalue weighted by molar-refractivity contribution is -0.136. The maximum Gasteiger partial charge on any atom is 0.410 e. The highest BCUT2D eigenvalue weighted by Crippen LogP contribution is 2.20. The Morgan fingerprint density at radius 1 is 1.26 bits per heavy atom. The van der Waals surface area contributed by atoms with Gasteiger partial charge in [-0.15, -0.1) is 0 Å². The van der Waals surface area contributed by atoms with Crippen LogP contribution < -0.4 is 5.73 Å². The first kappa shape index (κ1) is 19.7. The van der Waals surface area contributed by atoms with E-state index in [1.165, 1.54) is 0 Å². The summed E-state index contributed by atoms with van der Waals surface area (Å²) in [6, 6.07) is -0.310. The number of piperidine rings is 1. The molecule has 0 unspecified atom stereocenters. The zero-order chi connectivity index (χ0) is 17.8. The number of ether oxygens (including phenoxy) is 1. The molecule has 2 N–H and O–H groups in total. The van der Waals surface area contributed by atoms with Crippen molar-refractivity contribution in [3.05, 3.63) is 0 Å². The van der Waals surface area contributed by atoms with E-state index in [0.29, 0.717) is 19.6 Å². The van der Waals surface area contributed by atoms with Crippen molar-refractivity contribution in [2.75, 3.05) is 19.6 Å². The first-order chi connectivity index (χ1) is 10.6. The molecule has 0 aromatic heterocycles. The first-order valence-electron chi connectivity index (χ1n) is 8.60. The number of likely N-dealkylation sites (N-methyl/N-ethyl adjacent to an activating group) is 1. The van der Waals surface area contributed by atoms with Crippen LogP contribution in [0.25, 0.3) is 0 Å². The Morgan fingerprint density at radius 3 is 2.17 bits per heavy atom. The van der Waals surface area contributed by atoms with E-state index in [1.54, 1.807) is 4.90 Å². The summed E-state index contributed by atoms with van der Waals surface area (Å²) < 4.78 is 5.40. The fourth-order valence-corrected chi connectivity index (χ4v) is 2.76. The molecule has 0 radical (unpaired) electrons. The minimum absolute atomic E-state index is 0.0122. The molecule has 1 atom stereocenters. The predicted octanol–water partition coefficient (Wildman–Crippen LogP) is 2.22. The number of amides is 2. The van der Waals surface area contributed by atoms with Crippen LogP contribution in [0.3, 0.4) is 0 Å². The molecule has 6 nitrogen and oxygen atoms in total. The standard InChI is InChI=1S/C17H33N3O3/c1-7-20(15(21)14(18)12(2)3)13-8-10-19(11-9-13)16(22)23-17(4,5)6/h12-14H,7-11,18H2,1-6H3/t14-/m0/s1. The van der Waals surface area contributed by atoms with Crippen LogP contribution in [-0.4, -0.2) is 59.1 Å². The smallest absolute Gasteiger partial charge is 0.410 e. The summed E-state index contributed by atoms with van der Waals surface area (Å²) in [5, 5.41) is 0. The Balaban J connectivity index is 2.60. The van der Waals surface area contributed by atoms with Crippen LogP contribution in [0.15, 0.2) is 0 Å². The van der Waals surface area contributed by atoms with Crippen LogP contribution >= 0.6 is 0 Å². The molecule has 6 heteroatoms. The molecule has 134 valence electrons. The Morgan fingerprint density at radius 2 is 1.78 bits per heavy atom. The minimum atomic E-state index is -0.483. The predicted molar refractivity (Wildman–Crippen MR) is 91.0 cm³/mol. The molecule has 0 aromatic rings. The molecule has 1 rings (SSSR count). The summed E-state index contributed by atoms with van der Waals surface area (Å²) in [6.45, 7) is 13.4. The van der Waals surface area contributed by atoms with Crippen molar-refractivity contribution in [3.63, 3.8) is 0 Å². The van der Waals surface area contributed by atoms with Gasteiger partial charge in [-0.2, -0.15) is 0 Å². The van der Waals surface area contributed by atoms with Gasteiger partial charge in [-0.3, -0.25) is 4.79 Å². The molecule has 1 heterocycles. The molecule has 1 aliphatic heterocycles. The van der Waals surface area contributed by atoms with Crippen molar-refractivity contribution in [2.24, 2.45) is 11.7 Å². The molecule has 2 amide bonds. The summed E-state index contributed by atoms with van der Waals surface area (Å²) in [5.74, 6) is 0.136. The summed E-state index contributed by atoms with van der Waals surface area (Å²) in [4.78, 5) is 28.2.